The summed E-state index contributed by atoms with van der Waals surface area (Å²) < 4.78 is 33.0. The highest BCUT2D eigenvalue weighted by Gasteiger charge is 2.29. The average molecular weight is 447 g/mol. The van der Waals surface area contributed by atoms with Gasteiger partial charge in [-0.2, -0.15) is 4.31 Å². The molecule has 1 fully saturated rings. The lowest BCUT2D eigenvalue weighted by Crippen LogP contribution is -2.37. The number of amides is 1. The number of thiophene rings is 1. The number of nitrogens with one attached hydrogen (secondary N) is 1. The summed E-state index contributed by atoms with van der Waals surface area (Å²) in [7, 11) is -3.44. The number of carbonyl (C=O) groups excluding carboxylic acids is 1. The Morgan fingerprint density at radius 3 is 2.68 bits per heavy atom. The molecule has 2 aromatic rings. The Balaban J connectivity index is 1.63. The third kappa shape index (κ3) is 4.33. The molecule has 0 aromatic carbocycles. The number of furan rings is 1. The number of nitrogens with zero attached hydrogens (tertiary/aromatic N) is 1. The first-order valence-corrected chi connectivity index (χ1v) is 11.0. The van der Waals surface area contributed by atoms with Crippen LogP contribution in [0.25, 0.3) is 0 Å². The van der Waals surface area contributed by atoms with Crippen LogP contribution in [-0.2, 0) is 16.6 Å². The molecule has 3 rings (SSSR count). The van der Waals surface area contributed by atoms with Gasteiger partial charge in [-0.25, -0.2) is 8.42 Å². The summed E-state index contributed by atoms with van der Waals surface area (Å²) in [6.07, 6.45) is 1.79. The lowest BCUT2D eigenvalue weighted by molar-refractivity contribution is 0.0922. The number of halogens is 1. The van der Waals surface area contributed by atoms with Gasteiger partial charge in [0.1, 0.15) is 4.21 Å². The zero-order chi connectivity index (χ0) is 18.0. The standard InChI is InChI=1S/C16H19BrN2O4S2/c1-11-6-8-19(9-7-11)25(21,22)15-5-2-12(24-15)10-18-16(20)13-3-4-14(17)23-13/h2-5,11H,6-10H2,1H3,(H,18,20). The van der Waals surface area contributed by atoms with Crippen molar-refractivity contribution in [3.8, 4) is 0 Å². The number of sulfonamides is 1. The van der Waals surface area contributed by atoms with Gasteiger partial charge in [0.05, 0.1) is 6.54 Å². The van der Waals surface area contributed by atoms with Gasteiger partial charge in [0.15, 0.2) is 10.4 Å². The van der Waals surface area contributed by atoms with E-state index in [1.807, 2.05) is 0 Å². The van der Waals surface area contributed by atoms with Crippen molar-refractivity contribution in [2.24, 2.45) is 5.92 Å². The van der Waals surface area contributed by atoms with Gasteiger partial charge in [0, 0.05) is 18.0 Å². The van der Waals surface area contributed by atoms with Gasteiger partial charge in [0.25, 0.3) is 15.9 Å². The van der Waals surface area contributed by atoms with E-state index < -0.39 is 10.0 Å². The van der Waals surface area contributed by atoms with Crippen LogP contribution < -0.4 is 5.32 Å². The number of carbonyl (C=O) groups is 1. The predicted molar refractivity (Wildman–Crippen MR) is 99.1 cm³/mol. The maximum atomic E-state index is 12.7. The van der Waals surface area contributed by atoms with Crippen LogP contribution in [0, 0.1) is 5.92 Å². The molecule has 25 heavy (non-hydrogen) atoms. The van der Waals surface area contributed by atoms with E-state index >= 15 is 0 Å². The van der Waals surface area contributed by atoms with Gasteiger partial charge in [-0.3, -0.25) is 4.79 Å². The topological polar surface area (TPSA) is 79.6 Å². The largest absolute Gasteiger partial charge is 0.444 e. The molecule has 9 heteroatoms. The molecule has 1 N–H and O–H groups in total. The number of hydrogen-bond donors (Lipinski definition) is 1. The predicted octanol–water partition coefficient (Wildman–Crippen LogP) is 3.45. The van der Waals surface area contributed by atoms with Gasteiger partial charge in [-0.05, 0) is 59.0 Å². The summed E-state index contributed by atoms with van der Waals surface area (Å²) in [5.41, 5.74) is 0. The highest BCUT2D eigenvalue weighted by Crippen LogP contribution is 2.28. The van der Waals surface area contributed by atoms with Crippen molar-refractivity contribution in [2.45, 2.75) is 30.5 Å². The maximum Gasteiger partial charge on any atom is 0.287 e. The van der Waals surface area contributed by atoms with Crippen molar-refractivity contribution in [1.82, 2.24) is 9.62 Å². The average Bonchev–Trinajstić information content (AvgIpc) is 3.22. The molecule has 1 amide bonds. The lowest BCUT2D eigenvalue weighted by Gasteiger charge is -2.28. The molecule has 0 saturated carbocycles. The fraction of sp³-hybridized carbons (Fsp3) is 0.438. The van der Waals surface area contributed by atoms with Crippen LogP contribution in [-0.4, -0.2) is 31.7 Å². The first kappa shape index (κ1) is 18.6. The maximum absolute atomic E-state index is 12.7. The van der Waals surface area contributed by atoms with E-state index in [9.17, 15) is 13.2 Å². The van der Waals surface area contributed by atoms with Crippen LogP contribution in [0.3, 0.4) is 0 Å². The Kier molecular flexibility index (Phi) is 5.67. The molecule has 1 aliphatic heterocycles. The quantitative estimate of drug-likeness (QED) is 0.762. The second kappa shape index (κ2) is 7.61. The van der Waals surface area contributed by atoms with Crippen LogP contribution >= 0.6 is 27.3 Å². The first-order chi connectivity index (χ1) is 11.9. The third-order valence-corrected chi connectivity index (χ3v) is 8.07. The summed E-state index contributed by atoms with van der Waals surface area (Å²) >= 11 is 4.34. The van der Waals surface area contributed by atoms with Gasteiger partial charge in [-0.15, -0.1) is 11.3 Å². The van der Waals surface area contributed by atoms with E-state index in [1.165, 1.54) is 11.3 Å². The van der Waals surface area contributed by atoms with E-state index in [4.69, 9.17) is 4.42 Å². The molecular formula is C16H19BrN2O4S2. The van der Waals surface area contributed by atoms with E-state index in [1.54, 1.807) is 28.6 Å². The summed E-state index contributed by atoms with van der Waals surface area (Å²) in [6, 6.07) is 6.57. The van der Waals surface area contributed by atoms with Crippen LogP contribution in [0.5, 0.6) is 0 Å². The van der Waals surface area contributed by atoms with Crippen molar-refractivity contribution in [3.63, 3.8) is 0 Å². The van der Waals surface area contributed by atoms with Gasteiger partial charge < -0.3 is 9.73 Å². The highest BCUT2D eigenvalue weighted by atomic mass is 79.9. The second-order valence-electron chi connectivity index (χ2n) is 6.09. The van der Waals surface area contributed by atoms with Crippen molar-refractivity contribution in [3.05, 3.63) is 39.6 Å². The number of hydrogen-bond acceptors (Lipinski definition) is 5. The van der Waals surface area contributed by atoms with Crippen molar-refractivity contribution in [1.29, 1.82) is 0 Å². The fourth-order valence-electron chi connectivity index (χ4n) is 2.64. The minimum Gasteiger partial charge on any atom is -0.444 e. The molecule has 2 aromatic heterocycles. The molecule has 0 bridgehead atoms. The zero-order valence-corrected chi connectivity index (χ0v) is 16.9. The fourth-order valence-corrected chi connectivity index (χ4v) is 5.86. The molecule has 0 atom stereocenters. The Labute approximate surface area is 159 Å². The van der Waals surface area contributed by atoms with Gasteiger partial charge >= 0.3 is 0 Å². The third-order valence-electron chi connectivity index (χ3n) is 4.19. The van der Waals surface area contributed by atoms with Crippen molar-refractivity contribution >= 4 is 43.2 Å². The smallest absolute Gasteiger partial charge is 0.287 e. The SMILES string of the molecule is CC1CCN(S(=O)(=O)c2ccc(CNC(=O)c3ccc(Br)o3)s2)CC1. The van der Waals surface area contributed by atoms with E-state index in [0.717, 1.165) is 17.7 Å². The van der Waals surface area contributed by atoms with Crippen LogP contribution in [0.15, 0.2) is 37.6 Å². The summed E-state index contributed by atoms with van der Waals surface area (Å²) in [5, 5.41) is 2.73. The summed E-state index contributed by atoms with van der Waals surface area (Å²) in [6.45, 7) is 3.55. The molecule has 0 aliphatic carbocycles. The Bertz CT molecular complexity index is 851. The first-order valence-electron chi connectivity index (χ1n) is 7.98. The summed E-state index contributed by atoms with van der Waals surface area (Å²) in [5.74, 6) is 0.439. The van der Waals surface area contributed by atoms with E-state index in [0.29, 0.717) is 27.9 Å². The molecule has 0 unspecified atom stereocenters. The van der Waals surface area contributed by atoms with Gasteiger partial charge in [-0.1, -0.05) is 6.92 Å². The van der Waals surface area contributed by atoms with E-state index in [2.05, 4.69) is 28.2 Å². The Morgan fingerprint density at radius 2 is 2.04 bits per heavy atom. The molecule has 3 heterocycles. The number of piperidine rings is 1. The van der Waals surface area contributed by atoms with Crippen LogP contribution in [0.2, 0.25) is 0 Å². The van der Waals surface area contributed by atoms with Crippen LogP contribution in [0.4, 0.5) is 0 Å². The molecule has 1 aliphatic rings. The molecule has 0 spiro atoms. The second-order valence-corrected chi connectivity index (χ2v) is 10.2. The minimum absolute atomic E-state index is 0.207. The lowest BCUT2D eigenvalue weighted by atomic mass is 10.0. The molecule has 1 saturated heterocycles. The number of rotatable bonds is 5. The minimum atomic E-state index is -3.44. The Hall–Kier alpha value is -1.16. The molecule has 136 valence electrons. The van der Waals surface area contributed by atoms with Crippen LogP contribution in [0.1, 0.15) is 35.2 Å². The van der Waals surface area contributed by atoms with Gasteiger partial charge in [0.2, 0.25) is 0 Å². The molecular weight excluding hydrogens is 428 g/mol. The monoisotopic (exact) mass is 446 g/mol. The molecule has 6 nitrogen and oxygen atoms in total. The van der Waals surface area contributed by atoms with E-state index in [-0.39, 0.29) is 18.2 Å². The zero-order valence-electron chi connectivity index (χ0n) is 13.7. The van der Waals surface area contributed by atoms with Crippen molar-refractivity contribution in [2.75, 3.05) is 13.1 Å². The Morgan fingerprint density at radius 1 is 1.32 bits per heavy atom. The summed E-state index contributed by atoms with van der Waals surface area (Å²) in [4.78, 5) is 12.7. The highest BCUT2D eigenvalue weighted by molar-refractivity contribution is 9.10. The normalized spacial score (nSPS) is 16.9. The molecule has 0 radical (unpaired) electrons. The van der Waals surface area contributed by atoms with Crippen molar-refractivity contribution < 1.29 is 17.6 Å².